The topological polar surface area (TPSA) is 98.1 Å². The zero-order chi connectivity index (χ0) is 21.9. The molecular weight excluding hydrogens is 424 g/mol. The summed E-state index contributed by atoms with van der Waals surface area (Å²) in [5.74, 6) is 1.56. The third-order valence-electron chi connectivity index (χ3n) is 5.44. The predicted molar refractivity (Wildman–Crippen MR) is 123 cm³/mol. The first kappa shape index (κ1) is 20.3. The maximum atomic E-state index is 6.28. The lowest BCUT2D eigenvalue weighted by Crippen LogP contribution is -2.06. The van der Waals surface area contributed by atoms with Gasteiger partial charge in [0, 0.05) is 12.0 Å². The van der Waals surface area contributed by atoms with Crippen LogP contribution in [0.15, 0.2) is 54.9 Å². The molecule has 0 aliphatic rings. The molecule has 160 valence electrons. The largest absolute Gasteiger partial charge is 0.308 e. The van der Waals surface area contributed by atoms with Crippen molar-refractivity contribution in [3.05, 3.63) is 71.4 Å². The lowest BCUT2D eigenvalue weighted by Gasteiger charge is -2.11. The van der Waals surface area contributed by atoms with E-state index in [9.17, 15) is 0 Å². The summed E-state index contributed by atoms with van der Waals surface area (Å²) in [7, 11) is 0. The van der Waals surface area contributed by atoms with Crippen LogP contribution in [0, 0.1) is 0 Å². The molecule has 9 heteroatoms. The molecule has 3 aromatic heterocycles. The van der Waals surface area contributed by atoms with E-state index in [1.54, 1.807) is 0 Å². The minimum Gasteiger partial charge on any atom is -0.308 e. The average molecular weight is 445 g/mol. The summed E-state index contributed by atoms with van der Waals surface area (Å²) in [6.45, 7) is 2.83. The summed E-state index contributed by atoms with van der Waals surface area (Å²) in [6.07, 6.45) is 4.51. The Morgan fingerprint density at radius 3 is 2.56 bits per heavy atom. The second-order valence-electron chi connectivity index (χ2n) is 7.53. The number of fused-ring (bicyclic) bond motifs is 1. The number of tetrazole rings is 1. The van der Waals surface area contributed by atoms with Crippen molar-refractivity contribution in [2.45, 2.75) is 32.7 Å². The Labute approximate surface area is 189 Å². The molecule has 0 fully saturated rings. The summed E-state index contributed by atoms with van der Waals surface area (Å²) < 4.78 is 2.14. The fraction of sp³-hybridized carbons (Fsp3) is 0.217. The summed E-state index contributed by atoms with van der Waals surface area (Å²) in [5, 5.41) is 14.9. The van der Waals surface area contributed by atoms with E-state index >= 15 is 0 Å². The van der Waals surface area contributed by atoms with Crippen LogP contribution in [0.25, 0.3) is 33.7 Å². The zero-order valence-electron chi connectivity index (χ0n) is 17.5. The van der Waals surface area contributed by atoms with Crippen molar-refractivity contribution in [3.8, 4) is 22.5 Å². The molecule has 0 unspecified atom stereocenters. The van der Waals surface area contributed by atoms with E-state index in [1.807, 2.05) is 18.2 Å². The van der Waals surface area contributed by atoms with Crippen LogP contribution in [0.2, 0.25) is 5.15 Å². The highest BCUT2D eigenvalue weighted by Crippen LogP contribution is 2.30. The van der Waals surface area contributed by atoms with Gasteiger partial charge in [0.05, 0.1) is 6.54 Å². The number of aromatic amines is 1. The van der Waals surface area contributed by atoms with Crippen molar-refractivity contribution in [1.82, 2.24) is 40.1 Å². The maximum Gasteiger partial charge on any atom is 0.205 e. The van der Waals surface area contributed by atoms with E-state index in [0.29, 0.717) is 23.0 Å². The molecule has 0 atom stereocenters. The van der Waals surface area contributed by atoms with E-state index in [1.165, 1.54) is 6.33 Å². The monoisotopic (exact) mass is 444 g/mol. The first-order valence-electron chi connectivity index (χ1n) is 10.5. The van der Waals surface area contributed by atoms with E-state index in [-0.39, 0.29) is 0 Å². The highest BCUT2D eigenvalue weighted by atomic mass is 35.5. The predicted octanol–water partition coefficient (Wildman–Crippen LogP) is 4.72. The number of aryl methyl sites for hydroxylation is 1. The van der Waals surface area contributed by atoms with Crippen molar-refractivity contribution >= 4 is 22.8 Å². The highest BCUT2D eigenvalue weighted by molar-refractivity contribution is 6.33. The molecule has 0 saturated heterocycles. The minimum atomic E-state index is 0.389. The second-order valence-corrected chi connectivity index (χ2v) is 7.89. The van der Waals surface area contributed by atoms with Gasteiger partial charge in [-0.15, -0.1) is 10.2 Å². The van der Waals surface area contributed by atoms with Crippen LogP contribution in [-0.2, 0) is 13.0 Å². The SMILES string of the molecule is CCCCc1nc2c(Cl)ncnc2n1Cc1ccc(-c2ccccc2-c2nn[nH]n2)cc1. The van der Waals surface area contributed by atoms with Gasteiger partial charge in [-0.25, -0.2) is 15.0 Å². The molecule has 0 amide bonds. The number of unbranched alkanes of at least 4 members (excludes halogenated alkanes) is 1. The van der Waals surface area contributed by atoms with Gasteiger partial charge >= 0.3 is 0 Å². The number of halogens is 1. The standard InChI is InChI=1S/C23H21ClN8/c1-2-3-8-19-27-20-21(24)25-14-26-23(20)32(19)13-15-9-11-16(12-10-15)17-6-4-5-7-18(17)22-28-30-31-29-22/h4-7,9-12,14H,2-3,8,13H2,1H3,(H,28,29,30,31). The Hall–Kier alpha value is -3.65. The number of nitrogens with zero attached hydrogens (tertiary/aromatic N) is 7. The molecule has 0 aliphatic heterocycles. The quantitative estimate of drug-likeness (QED) is 0.365. The summed E-state index contributed by atoms with van der Waals surface area (Å²) >= 11 is 6.28. The normalized spacial score (nSPS) is 11.3. The van der Waals surface area contributed by atoms with Gasteiger partial charge in [0.25, 0.3) is 0 Å². The number of hydrogen-bond acceptors (Lipinski definition) is 6. The van der Waals surface area contributed by atoms with Crippen molar-refractivity contribution in [2.24, 2.45) is 0 Å². The lowest BCUT2D eigenvalue weighted by atomic mass is 9.98. The van der Waals surface area contributed by atoms with Gasteiger partial charge in [-0.2, -0.15) is 5.21 Å². The van der Waals surface area contributed by atoms with Gasteiger partial charge in [0.15, 0.2) is 10.8 Å². The van der Waals surface area contributed by atoms with Crippen LogP contribution in [0.5, 0.6) is 0 Å². The Balaban J connectivity index is 1.48. The summed E-state index contributed by atoms with van der Waals surface area (Å²) in [5.41, 5.74) is 5.65. The Kier molecular flexibility index (Phi) is 5.60. The molecule has 2 aromatic carbocycles. The lowest BCUT2D eigenvalue weighted by molar-refractivity contribution is 0.686. The second kappa shape index (κ2) is 8.84. The number of nitrogens with one attached hydrogen (secondary N) is 1. The molecule has 5 aromatic rings. The van der Waals surface area contributed by atoms with Crippen LogP contribution in [0.1, 0.15) is 31.2 Å². The van der Waals surface area contributed by atoms with Gasteiger partial charge in [0.1, 0.15) is 17.7 Å². The number of imidazole rings is 1. The Morgan fingerprint density at radius 2 is 1.81 bits per heavy atom. The molecule has 0 aliphatic carbocycles. The van der Waals surface area contributed by atoms with E-state index in [2.05, 4.69) is 72.4 Å². The molecule has 1 N–H and O–H groups in total. The molecule has 0 bridgehead atoms. The van der Waals surface area contributed by atoms with E-state index in [4.69, 9.17) is 16.6 Å². The zero-order valence-corrected chi connectivity index (χ0v) is 18.3. The van der Waals surface area contributed by atoms with Crippen molar-refractivity contribution in [2.75, 3.05) is 0 Å². The smallest absolute Gasteiger partial charge is 0.205 e. The fourth-order valence-corrected chi connectivity index (χ4v) is 3.99. The number of rotatable bonds is 7. The van der Waals surface area contributed by atoms with Crippen molar-refractivity contribution in [3.63, 3.8) is 0 Å². The maximum absolute atomic E-state index is 6.28. The summed E-state index contributed by atoms with van der Waals surface area (Å²) in [4.78, 5) is 13.3. The van der Waals surface area contributed by atoms with Crippen molar-refractivity contribution < 1.29 is 0 Å². The number of aromatic nitrogens is 8. The van der Waals surface area contributed by atoms with Crippen LogP contribution < -0.4 is 0 Å². The minimum absolute atomic E-state index is 0.389. The van der Waals surface area contributed by atoms with Crippen LogP contribution in [0.3, 0.4) is 0 Å². The van der Waals surface area contributed by atoms with Gasteiger partial charge in [-0.05, 0) is 28.3 Å². The fourth-order valence-electron chi connectivity index (χ4n) is 3.82. The van der Waals surface area contributed by atoms with E-state index in [0.717, 1.165) is 53.0 Å². The van der Waals surface area contributed by atoms with Crippen molar-refractivity contribution in [1.29, 1.82) is 0 Å². The van der Waals surface area contributed by atoms with Gasteiger partial charge in [0.2, 0.25) is 5.82 Å². The highest BCUT2D eigenvalue weighted by Gasteiger charge is 2.16. The Bertz CT molecular complexity index is 1340. The third-order valence-corrected chi connectivity index (χ3v) is 5.72. The molecule has 0 spiro atoms. The molecule has 3 heterocycles. The van der Waals surface area contributed by atoms with Crippen LogP contribution >= 0.6 is 11.6 Å². The molecule has 8 nitrogen and oxygen atoms in total. The number of hydrogen-bond donors (Lipinski definition) is 1. The van der Waals surface area contributed by atoms with Crippen LogP contribution in [-0.4, -0.2) is 40.1 Å². The van der Waals surface area contributed by atoms with Gasteiger partial charge < -0.3 is 4.57 Å². The molecule has 5 rings (SSSR count). The van der Waals surface area contributed by atoms with Gasteiger partial charge in [-0.3, -0.25) is 0 Å². The molecular formula is C23H21ClN8. The molecule has 32 heavy (non-hydrogen) atoms. The summed E-state index contributed by atoms with van der Waals surface area (Å²) in [6, 6.07) is 16.5. The molecule has 0 saturated carbocycles. The number of H-pyrrole nitrogens is 1. The van der Waals surface area contributed by atoms with Crippen LogP contribution in [0.4, 0.5) is 0 Å². The third kappa shape index (κ3) is 3.85. The first-order chi connectivity index (χ1) is 15.7. The van der Waals surface area contributed by atoms with Gasteiger partial charge in [-0.1, -0.05) is 73.5 Å². The average Bonchev–Trinajstić information content (AvgIpc) is 3.48. The number of benzene rings is 2. The Morgan fingerprint density at radius 1 is 1.00 bits per heavy atom. The molecule has 0 radical (unpaired) electrons. The first-order valence-corrected chi connectivity index (χ1v) is 10.9. The van der Waals surface area contributed by atoms with E-state index < -0.39 is 0 Å².